The maximum Gasteiger partial charge on any atom is 0.189 e. The molecule has 2 rings (SSSR count). The normalized spacial score (nSPS) is 16.4. The first-order valence-corrected chi connectivity index (χ1v) is 10.3. The van der Waals surface area contributed by atoms with Crippen LogP contribution in [0, 0.1) is 0 Å². The molecule has 0 radical (unpaired) electrons. The van der Waals surface area contributed by atoms with E-state index >= 15 is 0 Å². The van der Waals surface area contributed by atoms with E-state index in [2.05, 4.69) is 31.1 Å². The fourth-order valence-corrected chi connectivity index (χ4v) is 5.30. The highest BCUT2D eigenvalue weighted by atomic mass is 28.4. The van der Waals surface area contributed by atoms with E-state index in [1.807, 2.05) is 25.3 Å². The van der Waals surface area contributed by atoms with Gasteiger partial charge in [0.2, 0.25) is 0 Å². The second kappa shape index (κ2) is 6.95. The van der Waals surface area contributed by atoms with Crippen LogP contribution in [0.25, 0.3) is 6.08 Å². The van der Waals surface area contributed by atoms with Gasteiger partial charge in [0.05, 0.1) is 0 Å². The molecule has 0 bridgehead atoms. The molecule has 0 aliphatic carbocycles. The molecule has 110 valence electrons. The van der Waals surface area contributed by atoms with Crippen molar-refractivity contribution in [3.63, 3.8) is 0 Å². The molecular weight excluding hydrogens is 266 g/mol. The molecule has 3 nitrogen and oxygen atoms in total. The molecule has 0 spiro atoms. The van der Waals surface area contributed by atoms with Crippen molar-refractivity contribution < 1.29 is 9.26 Å². The van der Waals surface area contributed by atoms with E-state index in [1.165, 1.54) is 18.5 Å². The number of allylic oxidation sites excluding steroid dienone is 1. The van der Waals surface area contributed by atoms with Gasteiger partial charge in [0.1, 0.15) is 0 Å². The van der Waals surface area contributed by atoms with Crippen LogP contribution in [0.4, 0.5) is 0 Å². The SMILES string of the molecule is CCC[Si](C)(CCCC1=Cc2ccccc2ON1)OC. The summed E-state index contributed by atoms with van der Waals surface area (Å²) in [4.78, 5) is 5.55. The zero-order valence-corrected chi connectivity index (χ0v) is 13.7. The monoisotopic (exact) mass is 291 g/mol. The van der Waals surface area contributed by atoms with Crippen molar-refractivity contribution in [1.29, 1.82) is 0 Å². The molecule has 1 aromatic carbocycles. The van der Waals surface area contributed by atoms with Crippen LogP contribution in [0.5, 0.6) is 5.75 Å². The predicted octanol–water partition coefficient (Wildman–Crippen LogP) is 4.34. The Morgan fingerprint density at radius 1 is 1.25 bits per heavy atom. The Labute approximate surface area is 123 Å². The summed E-state index contributed by atoms with van der Waals surface area (Å²) in [7, 11) is 0.399. The Bertz CT molecular complexity index is 475. The van der Waals surface area contributed by atoms with Gasteiger partial charge in [-0.1, -0.05) is 31.5 Å². The standard InChI is InChI=1S/C16H25NO2Si/c1-4-11-20(3,18-2)12-7-9-15-13-14-8-5-6-10-16(14)19-17-15/h5-6,8,10,13,17H,4,7,9,11-12H2,1-3H3. The number of hydrogen-bond donors (Lipinski definition) is 1. The van der Waals surface area contributed by atoms with Gasteiger partial charge in [0.15, 0.2) is 14.1 Å². The summed E-state index contributed by atoms with van der Waals surface area (Å²) < 4.78 is 5.79. The number of para-hydroxylation sites is 1. The Balaban J connectivity index is 1.88. The lowest BCUT2D eigenvalue weighted by Gasteiger charge is -2.25. The minimum absolute atomic E-state index is 0.901. The van der Waals surface area contributed by atoms with Crippen LogP contribution < -0.4 is 10.3 Å². The topological polar surface area (TPSA) is 30.5 Å². The zero-order chi connectivity index (χ0) is 14.4. The third-order valence-corrected chi connectivity index (χ3v) is 7.92. The summed E-state index contributed by atoms with van der Waals surface area (Å²) in [5.74, 6) is 0.901. The van der Waals surface area contributed by atoms with Crippen LogP contribution in [-0.4, -0.2) is 15.4 Å². The molecule has 1 heterocycles. The molecule has 1 N–H and O–H groups in total. The van der Waals surface area contributed by atoms with E-state index in [-0.39, 0.29) is 0 Å². The molecule has 1 aliphatic rings. The molecule has 1 aliphatic heterocycles. The lowest BCUT2D eigenvalue weighted by molar-refractivity contribution is 0.220. The third-order valence-electron chi connectivity index (χ3n) is 3.96. The van der Waals surface area contributed by atoms with Gasteiger partial charge in [-0.2, -0.15) is 0 Å². The Kier molecular flexibility index (Phi) is 5.26. The van der Waals surface area contributed by atoms with Gasteiger partial charge >= 0.3 is 0 Å². The molecule has 0 saturated heterocycles. The Morgan fingerprint density at radius 3 is 2.80 bits per heavy atom. The van der Waals surface area contributed by atoms with Crippen molar-refractivity contribution in [1.82, 2.24) is 5.48 Å². The highest BCUT2D eigenvalue weighted by Crippen LogP contribution is 2.27. The molecule has 4 heteroatoms. The highest BCUT2D eigenvalue weighted by Gasteiger charge is 2.26. The van der Waals surface area contributed by atoms with Crippen molar-refractivity contribution >= 4 is 14.4 Å². The summed E-state index contributed by atoms with van der Waals surface area (Å²) in [5.41, 5.74) is 5.36. The van der Waals surface area contributed by atoms with E-state index in [1.54, 1.807) is 0 Å². The molecule has 0 fully saturated rings. The fraction of sp³-hybridized carbons (Fsp3) is 0.500. The van der Waals surface area contributed by atoms with Crippen molar-refractivity contribution in [2.24, 2.45) is 0 Å². The van der Waals surface area contributed by atoms with Crippen molar-refractivity contribution in [3.8, 4) is 5.75 Å². The van der Waals surface area contributed by atoms with Crippen molar-refractivity contribution in [3.05, 3.63) is 35.5 Å². The van der Waals surface area contributed by atoms with Crippen LogP contribution in [-0.2, 0) is 4.43 Å². The quantitative estimate of drug-likeness (QED) is 0.758. The molecule has 20 heavy (non-hydrogen) atoms. The van der Waals surface area contributed by atoms with Crippen molar-refractivity contribution in [2.75, 3.05) is 7.11 Å². The van der Waals surface area contributed by atoms with Gasteiger partial charge in [0.25, 0.3) is 0 Å². The lowest BCUT2D eigenvalue weighted by Crippen LogP contribution is -2.32. The second-order valence-electron chi connectivity index (χ2n) is 5.67. The number of rotatable bonds is 7. The summed E-state index contributed by atoms with van der Waals surface area (Å²) in [5, 5.41) is 0. The molecule has 0 amide bonds. The summed E-state index contributed by atoms with van der Waals surface area (Å²) >= 11 is 0. The zero-order valence-electron chi connectivity index (χ0n) is 12.7. The highest BCUT2D eigenvalue weighted by molar-refractivity contribution is 6.72. The van der Waals surface area contributed by atoms with Crippen molar-refractivity contribution in [2.45, 2.75) is 44.8 Å². The molecule has 1 atom stereocenters. The van der Waals surface area contributed by atoms with E-state index in [9.17, 15) is 0 Å². The van der Waals surface area contributed by atoms with Crippen LogP contribution in [0.15, 0.2) is 30.0 Å². The molecule has 1 unspecified atom stereocenters. The fourth-order valence-electron chi connectivity index (χ4n) is 2.66. The molecular formula is C16H25NO2Si. The lowest BCUT2D eigenvalue weighted by atomic mass is 10.1. The van der Waals surface area contributed by atoms with Gasteiger partial charge in [-0.3, -0.25) is 0 Å². The van der Waals surface area contributed by atoms with Crippen LogP contribution >= 0.6 is 0 Å². The second-order valence-corrected chi connectivity index (χ2v) is 9.98. The Morgan fingerprint density at radius 2 is 2.05 bits per heavy atom. The minimum atomic E-state index is -1.48. The van der Waals surface area contributed by atoms with Gasteiger partial charge in [-0.05, 0) is 43.6 Å². The number of fused-ring (bicyclic) bond motifs is 1. The van der Waals surface area contributed by atoms with Gasteiger partial charge in [-0.25, -0.2) is 5.48 Å². The maximum absolute atomic E-state index is 5.79. The first-order chi connectivity index (χ1) is 9.67. The van der Waals surface area contributed by atoms with Gasteiger partial charge in [-0.15, -0.1) is 0 Å². The summed E-state index contributed by atoms with van der Waals surface area (Å²) in [6, 6.07) is 10.5. The first kappa shape index (κ1) is 15.1. The van der Waals surface area contributed by atoms with Crippen LogP contribution in [0.3, 0.4) is 0 Å². The van der Waals surface area contributed by atoms with E-state index in [0.29, 0.717) is 0 Å². The van der Waals surface area contributed by atoms with E-state index < -0.39 is 8.32 Å². The first-order valence-electron chi connectivity index (χ1n) is 7.44. The summed E-state index contributed by atoms with van der Waals surface area (Å²) in [6.45, 7) is 4.57. The summed E-state index contributed by atoms with van der Waals surface area (Å²) in [6.07, 6.45) is 5.57. The van der Waals surface area contributed by atoms with Gasteiger partial charge < -0.3 is 9.26 Å². The predicted molar refractivity (Wildman–Crippen MR) is 85.9 cm³/mol. The largest absolute Gasteiger partial charge is 0.420 e. The van der Waals surface area contributed by atoms with Crippen LogP contribution in [0.1, 0.15) is 31.7 Å². The molecule has 1 aromatic rings. The minimum Gasteiger partial charge on any atom is -0.420 e. The third kappa shape index (κ3) is 3.87. The average molecular weight is 291 g/mol. The molecule has 0 aromatic heterocycles. The Hall–Kier alpha value is -1.26. The van der Waals surface area contributed by atoms with Crippen LogP contribution in [0.2, 0.25) is 18.6 Å². The number of nitrogens with one attached hydrogen (secondary N) is 1. The van der Waals surface area contributed by atoms with E-state index in [0.717, 1.165) is 29.9 Å². The number of benzene rings is 1. The number of hydrogen-bond acceptors (Lipinski definition) is 3. The van der Waals surface area contributed by atoms with E-state index in [4.69, 9.17) is 9.26 Å². The maximum atomic E-state index is 5.79. The van der Waals surface area contributed by atoms with Gasteiger partial charge in [0, 0.05) is 18.4 Å². The molecule has 0 saturated carbocycles. The number of hydroxylamine groups is 1. The average Bonchev–Trinajstić information content (AvgIpc) is 2.47. The smallest absolute Gasteiger partial charge is 0.189 e.